The molecule has 4 heteroatoms. The molecule has 0 saturated heterocycles. The summed E-state index contributed by atoms with van der Waals surface area (Å²) in [6.45, 7) is 3.20. The zero-order valence-electron chi connectivity index (χ0n) is 10.3. The van der Waals surface area contributed by atoms with Gasteiger partial charge in [0.2, 0.25) is 0 Å². The Morgan fingerprint density at radius 1 is 1.06 bits per heavy atom. The molecule has 4 nitrogen and oxygen atoms in total. The van der Waals surface area contributed by atoms with Crippen LogP contribution in [0.15, 0.2) is 12.1 Å². The van der Waals surface area contributed by atoms with Crippen LogP contribution in [0, 0.1) is 6.92 Å². The molecule has 0 heterocycles. The van der Waals surface area contributed by atoms with Crippen LogP contribution in [0.4, 0.5) is 0 Å². The summed E-state index contributed by atoms with van der Waals surface area (Å²) in [7, 11) is 4.99. The van der Waals surface area contributed by atoms with Crippen LogP contribution in [-0.2, 0) is 11.3 Å². The number of aryl methyl sites for hydroxylation is 1. The van der Waals surface area contributed by atoms with Gasteiger partial charge in [0.15, 0.2) is 0 Å². The van der Waals surface area contributed by atoms with E-state index in [1.54, 1.807) is 21.3 Å². The SMILES string of the molecule is COCNCc1cc(OC)c(C)cc1OC. The van der Waals surface area contributed by atoms with Gasteiger partial charge in [-0.15, -0.1) is 0 Å². The van der Waals surface area contributed by atoms with Gasteiger partial charge in [-0.1, -0.05) is 0 Å². The number of hydrogen-bond acceptors (Lipinski definition) is 4. The summed E-state index contributed by atoms with van der Waals surface area (Å²) >= 11 is 0. The lowest BCUT2D eigenvalue weighted by Crippen LogP contribution is -2.16. The van der Waals surface area contributed by atoms with Gasteiger partial charge in [-0.3, -0.25) is 5.32 Å². The van der Waals surface area contributed by atoms with Gasteiger partial charge >= 0.3 is 0 Å². The third kappa shape index (κ3) is 3.12. The van der Waals surface area contributed by atoms with Crippen LogP contribution in [0.3, 0.4) is 0 Å². The average molecular weight is 225 g/mol. The molecule has 1 aromatic carbocycles. The topological polar surface area (TPSA) is 39.7 Å². The van der Waals surface area contributed by atoms with E-state index in [2.05, 4.69) is 5.32 Å². The van der Waals surface area contributed by atoms with Crippen LogP contribution in [-0.4, -0.2) is 28.1 Å². The Balaban J connectivity index is 2.86. The van der Waals surface area contributed by atoms with E-state index in [4.69, 9.17) is 14.2 Å². The normalized spacial score (nSPS) is 10.2. The molecule has 1 N–H and O–H groups in total. The Morgan fingerprint density at radius 2 is 1.75 bits per heavy atom. The van der Waals surface area contributed by atoms with Crippen molar-refractivity contribution in [1.29, 1.82) is 0 Å². The standard InChI is InChI=1S/C12H19NO3/c1-9-5-12(16-4)10(6-11(9)15-3)7-13-8-14-2/h5-6,13H,7-8H2,1-4H3. The van der Waals surface area contributed by atoms with Gasteiger partial charge in [0.25, 0.3) is 0 Å². The molecule has 0 spiro atoms. The van der Waals surface area contributed by atoms with Gasteiger partial charge in [0, 0.05) is 19.2 Å². The summed E-state index contributed by atoms with van der Waals surface area (Å²) in [6.07, 6.45) is 0. The molecule has 0 aromatic heterocycles. The molecule has 1 aromatic rings. The van der Waals surface area contributed by atoms with Crippen LogP contribution in [0.1, 0.15) is 11.1 Å². The minimum atomic E-state index is 0.513. The molecule has 0 bridgehead atoms. The largest absolute Gasteiger partial charge is 0.496 e. The van der Waals surface area contributed by atoms with Crippen molar-refractivity contribution in [3.05, 3.63) is 23.3 Å². The maximum Gasteiger partial charge on any atom is 0.123 e. The fourth-order valence-electron chi connectivity index (χ4n) is 1.54. The Labute approximate surface area is 96.5 Å². The smallest absolute Gasteiger partial charge is 0.123 e. The van der Waals surface area contributed by atoms with E-state index in [0.717, 1.165) is 22.6 Å². The van der Waals surface area contributed by atoms with E-state index in [9.17, 15) is 0 Å². The van der Waals surface area contributed by atoms with E-state index in [1.807, 2.05) is 19.1 Å². The van der Waals surface area contributed by atoms with Gasteiger partial charge in [-0.05, 0) is 24.6 Å². The minimum Gasteiger partial charge on any atom is -0.496 e. The second-order valence-corrected chi connectivity index (χ2v) is 3.49. The van der Waals surface area contributed by atoms with Crippen molar-refractivity contribution in [3.8, 4) is 11.5 Å². The fourth-order valence-corrected chi connectivity index (χ4v) is 1.54. The first kappa shape index (κ1) is 12.8. The zero-order chi connectivity index (χ0) is 12.0. The fraction of sp³-hybridized carbons (Fsp3) is 0.500. The molecule has 0 saturated carbocycles. The molecule has 0 unspecified atom stereocenters. The average Bonchev–Trinajstić information content (AvgIpc) is 2.30. The molecule has 0 fully saturated rings. The predicted molar refractivity (Wildman–Crippen MR) is 63.0 cm³/mol. The van der Waals surface area contributed by atoms with Crippen molar-refractivity contribution in [1.82, 2.24) is 5.32 Å². The van der Waals surface area contributed by atoms with Gasteiger partial charge in [0.05, 0.1) is 21.0 Å². The molecule has 0 atom stereocenters. The highest BCUT2D eigenvalue weighted by Crippen LogP contribution is 2.27. The van der Waals surface area contributed by atoms with E-state index in [0.29, 0.717) is 13.3 Å². The van der Waals surface area contributed by atoms with Crippen molar-refractivity contribution in [2.45, 2.75) is 13.5 Å². The van der Waals surface area contributed by atoms with E-state index < -0.39 is 0 Å². The Hall–Kier alpha value is -1.26. The van der Waals surface area contributed by atoms with Gasteiger partial charge in [-0.25, -0.2) is 0 Å². The van der Waals surface area contributed by atoms with Crippen LogP contribution in [0.5, 0.6) is 11.5 Å². The Morgan fingerprint density at radius 3 is 2.31 bits per heavy atom. The summed E-state index contributed by atoms with van der Waals surface area (Å²) in [5.41, 5.74) is 2.12. The lowest BCUT2D eigenvalue weighted by molar-refractivity contribution is 0.174. The van der Waals surface area contributed by atoms with Crippen molar-refractivity contribution >= 4 is 0 Å². The summed E-state index contributed by atoms with van der Waals surface area (Å²) in [4.78, 5) is 0. The number of ether oxygens (including phenoxy) is 3. The lowest BCUT2D eigenvalue weighted by atomic mass is 10.1. The van der Waals surface area contributed by atoms with Gasteiger partial charge < -0.3 is 14.2 Å². The molecular weight excluding hydrogens is 206 g/mol. The molecule has 0 aliphatic heterocycles. The number of rotatable bonds is 6. The maximum absolute atomic E-state index is 5.32. The van der Waals surface area contributed by atoms with Crippen LogP contribution >= 0.6 is 0 Å². The third-order valence-corrected chi connectivity index (χ3v) is 2.36. The molecule has 0 amide bonds. The highest BCUT2D eigenvalue weighted by molar-refractivity contribution is 5.45. The van der Waals surface area contributed by atoms with Gasteiger partial charge in [-0.2, -0.15) is 0 Å². The highest BCUT2D eigenvalue weighted by Gasteiger charge is 2.07. The first-order valence-corrected chi connectivity index (χ1v) is 5.14. The van der Waals surface area contributed by atoms with Crippen LogP contribution in [0.25, 0.3) is 0 Å². The summed E-state index contributed by atoms with van der Waals surface area (Å²) < 4.78 is 15.5. The van der Waals surface area contributed by atoms with Crippen molar-refractivity contribution in [3.63, 3.8) is 0 Å². The lowest BCUT2D eigenvalue weighted by Gasteiger charge is -2.13. The van der Waals surface area contributed by atoms with Crippen molar-refractivity contribution in [2.75, 3.05) is 28.1 Å². The van der Waals surface area contributed by atoms with Gasteiger partial charge in [0.1, 0.15) is 11.5 Å². The van der Waals surface area contributed by atoms with Crippen LogP contribution in [0.2, 0.25) is 0 Å². The quantitative estimate of drug-likeness (QED) is 0.591. The van der Waals surface area contributed by atoms with Crippen LogP contribution < -0.4 is 14.8 Å². The molecule has 0 radical (unpaired) electrons. The van der Waals surface area contributed by atoms with Crippen molar-refractivity contribution in [2.24, 2.45) is 0 Å². The summed E-state index contributed by atoms with van der Waals surface area (Å²) in [5.74, 6) is 1.73. The first-order chi connectivity index (χ1) is 7.72. The molecule has 0 aliphatic rings. The predicted octanol–water partition coefficient (Wildman–Crippen LogP) is 1.71. The second-order valence-electron chi connectivity index (χ2n) is 3.49. The van der Waals surface area contributed by atoms with E-state index in [1.165, 1.54) is 0 Å². The highest BCUT2D eigenvalue weighted by atomic mass is 16.5. The Bertz CT molecular complexity index is 339. The first-order valence-electron chi connectivity index (χ1n) is 5.14. The Kier molecular flexibility index (Phi) is 5.08. The molecule has 90 valence electrons. The number of hydrogen-bond donors (Lipinski definition) is 1. The van der Waals surface area contributed by atoms with E-state index >= 15 is 0 Å². The molecule has 0 aliphatic carbocycles. The number of nitrogens with one attached hydrogen (secondary N) is 1. The third-order valence-electron chi connectivity index (χ3n) is 2.36. The number of benzene rings is 1. The molecule has 16 heavy (non-hydrogen) atoms. The summed E-state index contributed by atoms with van der Waals surface area (Å²) in [6, 6.07) is 3.96. The minimum absolute atomic E-state index is 0.513. The monoisotopic (exact) mass is 225 g/mol. The molecular formula is C12H19NO3. The summed E-state index contributed by atoms with van der Waals surface area (Å²) in [5, 5.41) is 3.14. The second kappa shape index (κ2) is 6.35. The zero-order valence-corrected chi connectivity index (χ0v) is 10.3. The van der Waals surface area contributed by atoms with E-state index in [-0.39, 0.29) is 0 Å². The molecule has 1 rings (SSSR count). The number of methoxy groups -OCH3 is 3. The maximum atomic E-state index is 5.32. The van der Waals surface area contributed by atoms with Crippen molar-refractivity contribution < 1.29 is 14.2 Å².